The Kier molecular flexibility index (Phi) is 5.93. The van der Waals surface area contributed by atoms with Crippen LogP contribution < -0.4 is 0 Å². The summed E-state index contributed by atoms with van der Waals surface area (Å²) in [5.74, 6) is 0.759. The Morgan fingerprint density at radius 3 is 1.50 bits per heavy atom. The van der Waals surface area contributed by atoms with Crippen LogP contribution in [0.25, 0.3) is 0 Å². The van der Waals surface area contributed by atoms with Crippen LogP contribution in [-0.4, -0.2) is 0 Å². The van der Waals surface area contributed by atoms with Gasteiger partial charge in [-0.15, -0.1) is 0 Å². The van der Waals surface area contributed by atoms with Gasteiger partial charge in [0, 0.05) is 0 Å². The van der Waals surface area contributed by atoms with Crippen LogP contribution in [0.1, 0.15) is 20.8 Å². The van der Waals surface area contributed by atoms with E-state index in [2.05, 4.69) is 27.2 Å². The molecule has 0 rings (SSSR count). The molecule has 0 spiro atoms. The molecule has 0 aromatic carbocycles. The zero-order chi connectivity index (χ0) is 4.28. The van der Waals surface area contributed by atoms with Gasteiger partial charge in [-0.1, -0.05) is 13.8 Å². The molecule has 0 aliphatic rings. The smallest absolute Gasteiger partial charge is 0 e. The van der Waals surface area contributed by atoms with E-state index in [1.54, 1.807) is 0 Å². The molecule has 0 aliphatic carbocycles. The van der Waals surface area contributed by atoms with Gasteiger partial charge in [0.05, 0.1) is 0 Å². The topological polar surface area (TPSA) is 0 Å². The monoisotopic (exact) mass is 338 g/mol. The Hall–Kier alpha value is -1.00. The Morgan fingerprint density at radius 1 is 1.33 bits per heavy atom. The Bertz CT molecular complexity index is 17.9. The van der Waals surface area contributed by atoms with Crippen LogP contribution in [0.15, 0.2) is 0 Å². The second-order valence-corrected chi connectivity index (χ2v) is 1.58. The fourth-order valence-corrected chi connectivity index (χ4v) is 0. The Morgan fingerprint density at radius 2 is 1.50 bits per heavy atom. The van der Waals surface area contributed by atoms with Crippen molar-refractivity contribution in [3.8, 4) is 0 Å². The molecule has 0 bridgehead atoms. The molecular weight excluding hydrogens is 327 g/mol. The maximum Gasteiger partial charge on any atom is 0 e. The van der Waals surface area contributed by atoms with Gasteiger partial charge in [0.25, 0.3) is 0 Å². The minimum Gasteiger partial charge on any atom is -0.329 e. The van der Waals surface area contributed by atoms with Gasteiger partial charge in [-0.05, 0) is 0 Å². The van der Waals surface area contributed by atoms with Gasteiger partial charge < -0.3 is 6.42 Å². The summed E-state index contributed by atoms with van der Waals surface area (Å²) in [7, 11) is 0. The Labute approximate surface area is 34.2 Å². The molecule has 0 nitrogen and oxygen atoms in total. The quantitative estimate of drug-likeness (QED) is 0.641. The van der Waals surface area contributed by atoms with E-state index in [0.717, 1.165) is 5.92 Å². The molecular formula is C5H11Rf-. The van der Waals surface area contributed by atoms with Crippen LogP contribution in [0, 0.1) is 12.3 Å². The van der Waals surface area contributed by atoms with Crippen molar-refractivity contribution in [3.63, 3.8) is 0 Å². The van der Waals surface area contributed by atoms with Crippen molar-refractivity contribution in [3.05, 3.63) is 6.42 Å². The average Bonchev–Trinajstić information content (AvgIpc) is 1.38. The fraction of sp³-hybridized carbons (Fsp3) is 0.800. The normalized spacial score (nSPS) is 8.00. The van der Waals surface area contributed by atoms with Crippen LogP contribution in [0.3, 0.4) is 0 Å². The summed E-state index contributed by atoms with van der Waals surface area (Å²) in [6.45, 7) is 6.41. The molecule has 0 aromatic heterocycles. The summed E-state index contributed by atoms with van der Waals surface area (Å²) in [6.07, 6.45) is 2.17. The van der Waals surface area contributed by atoms with Gasteiger partial charge in [0.15, 0.2) is 0 Å². The summed E-state index contributed by atoms with van der Waals surface area (Å²) >= 11 is 0. The summed E-state index contributed by atoms with van der Waals surface area (Å²) in [5, 5.41) is 0. The maximum absolute atomic E-state index is 2.17. The second-order valence-electron chi connectivity index (χ2n) is 1.58. The van der Waals surface area contributed by atoms with E-state index < -0.39 is 0 Å². The fourth-order valence-electron chi connectivity index (χ4n) is 0. The maximum atomic E-state index is 2.17. The molecule has 0 radical (unpaired) electrons. The zero-order valence-corrected chi connectivity index (χ0v) is 11.3. The van der Waals surface area contributed by atoms with E-state index in [9.17, 15) is 0 Å². The number of rotatable bonds is 1. The number of hydrogen-bond donors (Lipinski definition) is 0. The van der Waals surface area contributed by atoms with Gasteiger partial charge in [-0.25, -0.2) is 0 Å². The predicted octanol–water partition coefficient (Wildman–Crippen LogP) is 1.87. The van der Waals surface area contributed by atoms with Gasteiger partial charge in [0.1, 0.15) is 0 Å². The van der Waals surface area contributed by atoms with E-state index in [1.807, 2.05) is 0 Å². The van der Waals surface area contributed by atoms with E-state index in [0.29, 0.717) is 0 Å². The molecule has 0 amide bonds. The van der Waals surface area contributed by atoms with Crippen molar-refractivity contribution in [2.75, 3.05) is 0 Å². The predicted molar refractivity (Wildman–Crippen MR) is 24.8 cm³/mol. The SMILES string of the molecule is C[CH-]C(C)C.[Rf]. The third-order valence-corrected chi connectivity index (χ3v) is 0.667. The van der Waals surface area contributed by atoms with Crippen molar-refractivity contribution in [2.45, 2.75) is 20.8 Å². The Balaban J connectivity index is 0. The van der Waals surface area contributed by atoms with Crippen LogP contribution in [0.4, 0.5) is 0 Å². The van der Waals surface area contributed by atoms with E-state index in [4.69, 9.17) is 0 Å². The zero-order valence-electron chi connectivity index (χ0n) is 4.86. The van der Waals surface area contributed by atoms with Crippen molar-refractivity contribution >= 4 is 0 Å². The van der Waals surface area contributed by atoms with Crippen LogP contribution in [0.2, 0.25) is 0 Å². The molecule has 34 valence electrons. The molecule has 0 N–H and O–H groups in total. The van der Waals surface area contributed by atoms with Crippen molar-refractivity contribution in [1.82, 2.24) is 0 Å². The molecule has 0 unspecified atom stereocenters. The minimum absolute atomic E-state index is 0. The first-order valence-electron chi connectivity index (χ1n) is 2.07. The van der Waals surface area contributed by atoms with Crippen molar-refractivity contribution < 1.29 is 0 Å². The standard InChI is InChI=1S/C5H11.Rf/c1-4-5(2)3;/h4-5H,1-3H3;/q-1;. The second kappa shape index (κ2) is 4.00. The molecule has 0 saturated heterocycles. The average molecular weight is 338 g/mol. The molecule has 0 fully saturated rings. The van der Waals surface area contributed by atoms with E-state index in [-0.39, 0.29) is 0 Å². The summed E-state index contributed by atoms with van der Waals surface area (Å²) < 4.78 is 0. The molecule has 0 atom stereocenters. The third-order valence-electron chi connectivity index (χ3n) is 0.667. The molecule has 0 heterocycles. The first kappa shape index (κ1) is 8.89. The number of hydrogen-bond acceptors (Lipinski definition) is 0. The molecule has 0 saturated carbocycles. The molecule has 0 aromatic rings. The third kappa shape index (κ3) is 12.0. The van der Waals surface area contributed by atoms with E-state index >= 15 is 0 Å². The molecule has 1 heteroatoms. The molecule has 6 heavy (non-hydrogen) atoms. The first-order chi connectivity index (χ1) is 2.27. The molecule has 0 aliphatic heterocycles. The summed E-state index contributed by atoms with van der Waals surface area (Å²) in [4.78, 5) is 0. The van der Waals surface area contributed by atoms with Crippen LogP contribution >= 0.6 is 0 Å². The largest absolute Gasteiger partial charge is 0.329 e. The summed E-state index contributed by atoms with van der Waals surface area (Å²) in [5.41, 5.74) is 0. The van der Waals surface area contributed by atoms with Crippen LogP contribution in [0.5, 0.6) is 0 Å². The van der Waals surface area contributed by atoms with Crippen molar-refractivity contribution in [2.24, 2.45) is 5.92 Å². The first-order valence-corrected chi connectivity index (χ1v) is 2.07. The van der Waals surface area contributed by atoms with E-state index in [1.165, 1.54) is 0 Å². The van der Waals surface area contributed by atoms with Gasteiger partial charge in [0.2, 0.25) is 0 Å². The van der Waals surface area contributed by atoms with Gasteiger partial charge in [-0.2, -0.15) is 12.8 Å². The van der Waals surface area contributed by atoms with Crippen molar-refractivity contribution in [1.29, 1.82) is 0 Å². The van der Waals surface area contributed by atoms with Crippen LogP contribution in [-0.2, 0) is 0 Å². The van der Waals surface area contributed by atoms with Gasteiger partial charge >= 0.3 is 0 Å². The summed E-state index contributed by atoms with van der Waals surface area (Å²) in [6, 6.07) is 0. The minimum atomic E-state index is 0. The van der Waals surface area contributed by atoms with Gasteiger partial charge in [-0.3, -0.25) is 0 Å².